The Hall–Kier alpha value is -4.20. The van der Waals surface area contributed by atoms with Crippen molar-refractivity contribution in [1.82, 2.24) is 19.7 Å². The van der Waals surface area contributed by atoms with Gasteiger partial charge in [0.2, 0.25) is 12.3 Å². The SMILES string of the molecule is NC(=O)c1ccc2c(c1)c(-c1ccc(OC3CC4CCC(C3)N4C=O)cc1)nn2Cc1ncccc1C1CCCC1. The number of pyridine rings is 1. The highest BCUT2D eigenvalue weighted by Crippen LogP contribution is 2.38. The molecule has 210 valence electrons. The van der Waals surface area contributed by atoms with E-state index in [-0.39, 0.29) is 6.10 Å². The van der Waals surface area contributed by atoms with Gasteiger partial charge in [0.1, 0.15) is 17.5 Å². The molecule has 2 N–H and O–H groups in total. The predicted molar refractivity (Wildman–Crippen MR) is 157 cm³/mol. The van der Waals surface area contributed by atoms with Crippen molar-refractivity contribution in [2.45, 2.75) is 82.0 Å². The van der Waals surface area contributed by atoms with Crippen molar-refractivity contribution >= 4 is 23.2 Å². The number of carbonyl (C=O) groups is 2. The fourth-order valence-electron chi connectivity index (χ4n) is 7.31. The first kappa shape index (κ1) is 25.7. The van der Waals surface area contributed by atoms with Gasteiger partial charge >= 0.3 is 0 Å². The minimum absolute atomic E-state index is 0.111. The third kappa shape index (κ3) is 4.85. The van der Waals surface area contributed by atoms with Crippen LogP contribution in [0.2, 0.25) is 0 Å². The minimum atomic E-state index is -0.461. The number of fused-ring (bicyclic) bond motifs is 3. The maximum Gasteiger partial charge on any atom is 0.248 e. The van der Waals surface area contributed by atoms with E-state index in [1.165, 1.54) is 31.2 Å². The fourth-order valence-corrected chi connectivity index (χ4v) is 7.31. The van der Waals surface area contributed by atoms with Crippen molar-refractivity contribution in [3.05, 3.63) is 77.6 Å². The van der Waals surface area contributed by atoms with Gasteiger partial charge in [0, 0.05) is 47.6 Å². The molecule has 8 nitrogen and oxygen atoms in total. The van der Waals surface area contributed by atoms with Crippen LogP contribution in [0.3, 0.4) is 0 Å². The number of ether oxygens (including phenoxy) is 1. The van der Waals surface area contributed by atoms with Crippen molar-refractivity contribution in [2.75, 3.05) is 0 Å². The van der Waals surface area contributed by atoms with Crippen LogP contribution in [-0.2, 0) is 11.3 Å². The summed E-state index contributed by atoms with van der Waals surface area (Å²) in [6.45, 7) is 0.558. The van der Waals surface area contributed by atoms with Crippen LogP contribution in [0.25, 0.3) is 22.2 Å². The number of primary amides is 1. The molecule has 2 saturated heterocycles. The molecule has 4 heterocycles. The smallest absolute Gasteiger partial charge is 0.248 e. The van der Waals surface area contributed by atoms with Gasteiger partial charge < -0.3 is 15.4 Å². The zero-order chi connectivity index (χ0) is 27.9. The second kappa shape index (κ2) is 10.7. The maximum atomic E-state index is 12.1. The van der Waals surface area contributed by atoms with Gasteiger partial charge in [-0.25, -0.2) is 0 Å². The molecule has 41 heavy (non-hydrogen) atoms. The van der Waals surface area contributed by atoms with Crippen molar-refractivity contribution in [3.63, 3.8) is 0 Å². The molecular formula is C33H35N5O3. The van der Waals surface area contributed by atoms with Crippen LogP contribution in [0, 0.1) is 0 Å². The molecule has 2 unspecified atom stereocenters. The minimum Gasteiger partial charge on any atom is -0.490 e. The summed E-state index contributed by atoms with van der Waals surface area (Å²) in [6, 6.07) is 18.4. The molecule has 2 aromatic heterocycles. The van der Waals surface area contributed by atoms with Gasteiger partial charge in [-0.2, -0.15) is 5.10 Å². The normalized spacial score (nSPS) is 22.3. The average Bonchev–Trinajstić information content (AvgIpc) is 3.71. The zero-order valence-electron chi connectivity index (χ0n) is 23.1. The highest BCUT2D eigenvalue weighted by molar-refractivity contribution is 6.01. The predicted octanol–water partition coefficient (Wildman–Crippen LogP) is 5.43. The Kier molecular flexibility index (Phi) is 6.69. The number of rotatable bonds is 8. The van der Waals surface area contributed by atoms with Crippen LogP contribution in [-0.4, -0.2) is 50.2 Å². The summed E-state index contributed by atoms with van der Waals surface area (Å²) in [4.78, 5) is 30.2. The van der Waals surface area contributed by atoms with Gasteiger partial charge in [-0.3, -0.25) is 19.3 Å². The van der Waals surface area contributed by atoms with Crippen molar-refractivity contribution < 1.29 is 14.3 Å². The van der Waals surface area contributed by atoms with Crippen LogP contribution in [0.5, 0.6) is 5.75 Å². The Morgan fingerprint density at radius 2 is 1.76 bits per heavy atom. The second-order valence-corrected chi connectivity index (χ2v) is 11.8. The summed E-state index contributed by atoms with van der Waals surface area (Å²) in [5.74, 6) is 0.904. The first-order valence-corrected chi connectivity index (χ1v) is 14.8. The van der Waals surface area contributed by atoms with Crippen LogP contribution in [0.15, 0.2) is 60.8 Å². The van der Waals surface area contributed by atoms with Gasteiger partial charge in [0.25, 0.3) is 0 Å². The van der Waals surface area contributed by atoms with Gasteiger partial charge in [-0.1, -0.05) is 18.9 Å². The number of benzene rings is 2. The molecule has 4 aromatic rings. The van der Waals surface area contributed by atoms with Crippen LogP contribution >= 0.6 is 0 Å². The van der Waals surface area contributed by atoms with E-state index in [4.69, 9.17) is 20.6 Å². The van der Waals surface area contributed by atoms with Crippen LogP contribution < -0.4 is 10.5 Å². The number of amides is 2. The Labute approximate surface area is 239 Å². The molecule has 7 rings (SSSR count). The first-order valence-electron chi connectivity index (χ1n) is 14.8. The van der Waals surface area contributed by atoms with Gasteiger partial charge in [0.05, 0.1) is 17.8 Å². The molecule has 0 spiro atoms. The second-order valence-electron chi connectivity index (χ2n) is 11.8. The molecule has 3 fully saturated rings. The molecule has 2 amide bonds. The van der Waals surface area contributed by atoms with E-state index in [0.717, 1.165) is 65.7 Å². The Bertz CT molecular complexity index is 1580. The van der Waals surface area contributed by atoms with Gasteiger partial charge in [0.15, 0.2) is 0 Å². The standard InChI is InChI=1S/C33H35N5O3/c34-33(40)23-9-14-31-29(16-23)32(36-38(31)19-30-28(6-3-15-35-30)21-4-1-2-5-21)22-7-12-26(13-8-22)41-27-17-24-10-11-25(18-27)37(24)20-39/h3,6-9,12-16,20-21,24-25,27H,1-2,4-5,10-11,17-19H2,(H2,34,40). The molecule has 8 heteroatoms. The van der Waals surface area contributed by atoms with E-state index in [1.54, 1.807) is 6.07 Å². The number of piperidine rings is 1. The largest absolute Gasteiger partial charge is 0.490 e. The van der Waals surface area contributed by atoms with Crippen LogP contribution in [0.1, 0.15) is 78.9 Å². The van der Waals surface area contributed by atoms with E-state index in [1.807, 2.05) is 58.2 Å². The molecule has 0 radical (unpaired) electrons. The molecule has 2 bridgehead atoms. The maximum absolute atomic E-state index is 12.1. The molecule has 2 atom stereocenters. The monoisotopic (exact) mass is 549 g/mol. The summed E-state index contributed by atoms with van der Waals surface area (Å²) in [6.07, 6.45) is 11.8. The van der Waals surface area contributed by atoms with Crippen molar-refractivity contribution in [3.8, 4) is 17.0 Å². The van der Waals surface area contributed by atoms with E-state index in [0.29, 0.717) is 30.1 Å². The third-order valence-electron chi connectivity index (χ3n) is 9.35. The average molecular weight is 550 g/mol. The molecular weight excluding hydrogens is 514 g/mol. The van der Waals surface area contributed by atoms with Gasteiger partial charge in [-0.05, 0) is 85.7 Å². The Morgan fingerprint density at radius 3 is 2.46 bits per heavy atom. The molecule has 3 aliphatic rings. The zero-order valence-corrected chi connectivity index (χ0v) is 23.1. The summed E-state index contributed by atoms with van der Waals surface area (Å²) < 4.78 is 8.36. The Balaban J connectivity index is 1.18. The van der Waals surface area contributed by atoms with Crippen molar-refractivity contribution in [1.29, 1.82) is 0 Å². The molecule has 2 aliphatic heterocycles. The van der Waals surface area contributed by atoms with Crippen LogP contribution in [0.4, 0.5) is 0 Å². The summed E-state index contributed by atoms with van der Waals surface area (Å²) >= 11 is 0. The quantitative estimate of drug-likeness (QED) is 0.295. The summed E-state index contributed by atoms with van der Waals surface area (Å²) in [5.41, 5.74) is 11.1. The van der Waals surface area contributed by atoms with E-state index >= 15 is 0 Å². The van der Waals surface area contributed by atoms with Crippen molar-refractivity contribution in [2.24, 2.45) is 5.73 Å². The highest BCUT2D eigenvalue weighted by atomic mass is 16.5. The topological polar surface area (TPSA) is 103 Å². The lowest BCUT2D eigenvalue weighted by atomic mass is 9.96. The lowest BCUT2D eigenvalue weighted by Gasteiger charge is -2.36. The Morgan fingerprint density at radius 1 is 1.00 bits per heavy atom. The van der Waals surface area contributed by atoms with E-state index < -0.39 is 5.91 Å². The lowest BCUT2D eigenvalue weighted by molar-refractivity contribution is -0.123. The number of aromatic nitrogens is 3. The third-order valence-corrected chi connectivity index (χ3v) is 9.35. The van der Waals surface area contributed by atoms with Gasteiger partial charge in [-0.15, -0.1) is 0 Å². The number of nitrogens with zero attached hydrogens (tertiary/aromatic N) is 4. The van der Waals surface area contributed by atoms with E-state index in [9.17, 15) is 9.59 Å². The summed E-state index contributed by atoms with van der Waals surface area (Å²) in [5, 5.41) is 5.94. The number of hydrogen-bond donors (Lipinski definition) is 1. The fraction of sp³-hybridized carbons (Fsp3) is 0.394. The summed E-state index contributed by atoms with van der Waals surface area (Å²) in [7, 11) is 0. The van der Waals surface area contributed by atoms with E-state index in [2.05, 4.69) is 6.07 Å². The highest BCUT2D eigenvalue weighted by Gasteiger charge is 2.40. The number of hydrogen-bond acceptors (Lipinski definition) is 5. The molecule has 2 aromatic carbocycles. The first-order chi connectivity index (χ1) is 20.1. The number of carbonyl (C=O) groups excluding carboxylic acids is 2. The molecule has 1 saturated carbocycles. The molecule has 1 aliphatic carbocycles. The lowest BCUT2D eigenvalue weighted by Crippen LogP contribution is -2.45. The number of nitrogens with two attached hydrogens (primary N) is 1.